The van der Waals surface area contributed by atoms with Gasteiger partial charge in [-0.25, -0.2) is 0 Å². The van der Waals surface area contributed by atoms with Crippen molar-refractivity contribution in [2.75, 3.05) is 31.1 Å². The number of benzene rings is 2. The monoisotopic (exact) mass is 497 g/mol. The smallest absolute Gasteiger partial charge is 0.136 e. The fraction of sp³-hybridized carbons (Fsp3) is 0.567. The highest BCUT2D eigenvalue weighted by molar-refractivity contribution is 6.30. The summed E-state index contributed by atoms with van der Waals surface area (Å²) in [5.41, 5.74) is 9.94. The van der Waals surface area contributed by atoms with Gasteiger partial charge in [-0.3, -0.25) is 0 Å². The number of hydrogen-bond acceptors (Lipinski definition) is 4. The van der Waals surface area contributed by atoms with E-state index in [2.05, 4.69) is 67.0 Å². The Morgan fingerprint density at radius 1 is 0.971 bits per heavy atom. The zero-order valence-corrected chi connectivity index (χ0v) is 22.6. The van der Waals surface area contributed by atoms with E-state index in [1.165, 1.54) is 36.1 Å². The molecule has 4 nitrogen and oxygen atoms in total. The Balaban J connectivity index is 1.56. The molecule has 2 aromatic carbocycles. The quantitative estimate of drug-likeness (QED) is 0.345. The lowest BCUT2D eigenvalue weighted by Gasteiger charge is -2.40. The van der Waals surface area contributed by atoms with Crippen LogP contribution >= 0.6 is 11.6 Å². The highest BCUT2D eigenvalue weighted by atomic mass is 35.5. The van der Waals surface area contributed by atoms with Crippen LogP contribution < -0.4 is 10.6 Å². The third-order valence-electron chi connectivity index (χ3n) is 7.54. The second kappa shape index (κ2) is 14.0. The minimum atomic E-state index is -0.340. The van der Waals surface area contributed by atoms with Gasteiger partial charge in [0.15, 0.2) is 0 Å². The number of rotatable bonds is 13. The summed E-state index contributed by atoms with van der Waals surface area (Å²) < 4.78 is 0. The fourth-order valence-corrected chi connectivity index (χ4v) is 5.01. The Labute approximate surface area is 217 Å². The van der Waals surface area contributed by atoms with E-state index < -0.39 is 0 Å². The average molecular weight is 498 g/mol. The lowest BCUT2D eigenvalue weighted by Crippen LogP contribution is -2.46. The summed E-state index contributed by atoms with van der Waals surface area (Å²) in [4.78, 5) is 16.1. The van der Waals surface area contributed by atoms with Gasteiger partial charge in [0.05, 0.1) is 6.04 Å². The van der Waals surface area contributed by atoms with Crippen molar-refractivity contribution in [2.24, 2.45) is 17.6 Å². The molecule has 1 aliphatic heterocycles. The van der Waals surface area contributed by atoms with Crippen LogP contribution in [0.5, 0.6) is 0 Å². The van der Waals surface area contributed by atoms with E-state index in [-0.39, 0.29) is 12.0 Å². The summed E-state index contributed by atoms with van der Waals surface area (Å²) in [7, 11) is 0. The molecule has 0 aliphatic carbocycles. The van der Waals surface area contributed by atoms with Crippen molar-refractivity contribution < 1.29 is 4.79 Å². The normalized spacial score (nSPS) is 16.9. The molecule has 5 heteroatoms. The number of piperidine rings is 1. The molecule has 0 aromatic heterocycles. The molecule has 1 aliphatic rings. The van der Waals surface area contributed by atoms with Gasteiger partial charge in [-0.15, -0.1) is 0 Å². The van der Waals surface area contributed by atoms with E-state index in [0.29, 0.717) is 12.0 Å². The van der Waals surface area contributed by atoms with Gasteiger partial charge in [-0.05, 0) is 92.3 Å². The maximum atomic E-state index is 10.9. The second-order valence-electron chi connectivity index (χ2n) is 10.7. The molecule has 1 heterocycles. The molecule has 0 saturated carbocycles. The van der Waals surface area contributed by atoms with Gasteiger partial charge in [0.25, 0.3) is 0 Å². The number of nitrogens with zero attached hydrogens (tertiary/aromatic N) is 2. The van der Waals surface area contributed by atoms with Gasteiger partial charge in [0, 0.05) is 36.4 Å². The molecule has 2 unspecified atom stereocenters. The Hall–Kier alpha value is -1.88. The number of halogens is 1. The average Bonchev–Trinajstić information content (AvgIpc) is 2.87. The summed E-state index contributed by atoms with van der Waals surface area (Å²) >= 11 is 6.01. The molecule has 0 bridgehead atoms. The molecule has 0 radical (unpaired) electrons. The Kier molecular flexibility index (Phi) is 11.1. The SMILES string of the molecule is CC(C)CCN(c1ccc(CCc2ccc(Cl)cc2)cc1)C1CCN(CCC(C)C(N)C=O)CC1. The van der Waals surface area contributed by atoms with Crippen LogP contribution in [0, 0.1) is 11.8 Å². The first kappa shape index (κ1) is 27.7. The number of hydrogen-bond donors (Lipinski definition) is 1. The van der Waals surface area contributed by atoms with E-state index in [9.17, 15) is 4.79 Å². The lowest BCUT2D eigenvalue weighted by molar-refractivity contribution is -0.109. The summed E-state index contributed by atoms with van der Waals surface area (Å²) in [5, 5.41) is 0.794. The standard InChI is InChI=1S/C30H44ClN3O/c1-23(2)14-21-34(29-16-19-33(20-17-29)18-15-24(3)30(32)22-35)28-12-8-26(9-13-28)5-4-25-6-10-27(31)11-7-25/h6-13,22-24,29-30H,4-5,14-21,32H2,1-3H3. The van der Waals surface area contributed by atoms with E-state index in [1.54, 1.807) is 0 Å². The van der Waals surface area contributed by atoms with E-state index >= 15 is 0 Å². The van der Waals surface area contributed by atoms with Crippen LogP contribution in [0.3, 0.4) is 0 Å². The Morgan fingerprint density at radius 3 is 2.09 bits per heavy atom. The minimum Gasteiger partial charge on any atom is -0.368 e. The highest BCUT2D eigenvalue weighted by Crippen LogP contribution is 2.26. The number of anilines is 1. The maximum Gasteiger partial charge on any atom is 0.136 e. The molecular weight excluding hydrogens is 454 g/mol. The zero-order chi connectivity index (χ0) is 25.2. The molecule has 0 spiro atoms. The number of carbonyl (C=O) groups excluding carboxylic acids is 1. The van der Waals surface area contributed by atoms with Crippen LogP contribution in [0.25, 0.3) is 0 Å². The topological polar surface area (TPSA) is 49.6 Å². The first-order valence-corrected chi connectivity index (χ1v) is 13.8. The van der Waals surface area contributed by atoms with Crippen LogP contribution in [0.15, 0.2) is 48.5 Å². The Morgan fingerprint density at radius 2 is 1.54 bits per heavy atom. The van der Waals surface area contributed by atoms with Gasteiger partial charge in [-0.2, -0.15) is 0 Å². The van der Waals surface area contributed by atoms with Crippen LogP contribution in [0.1, 0.15) is 57.6 Å². The largest absolute Gasteiger partial charge is 0.368 e. The van der Waals surface area contributed by atoms with Crippen molar-refractivity contribution in [3.63, 3.8) is 0 Å². The molecule has 2 aromatic rings. The molecule has 2 atom stereocenters. The molecule has 3 rings (SSSR count). The third kappa shape index (κ3) is 8.93. The summed E-state index contributed by atoms with van der Waals surface area (Å²) in [6.07, 6.45) is 7.52. The third-order valence-corrected chi connectivity index (χ3v) is 7.80. The minimum absolute atomic E-state index is 0.242. The molecule has 0 amide bonds. The second-order valence-corrected chi connectivity index (χ2v) is 11.2. The first-order chi connectivity index (χ1) is 16.9. The summed E-state index contributed by atoms with van der Waals surface area (Å²) in [5.74, 6) is 0.936. The number of aldehydes is 1. The van der Waals surface area contributed by atoms with Crippen LogP contribution in [-0.4, -0.2) is 49.4 Å². The number of carbonyl (C=O) groups is 1. The number of aryl methyl sites for hydroxylation is 2. The van der Waals surface area contributed by atoms with Crippen molar-refractivity contribution in [3.05, 3.63) is 64.7 Å². The van der Waals surface area contributed by atoms with E-state index in [1.807, 2.05) is 12.1 Å². The van der Waals surface area contributed by atoms with E-state index in [0.717, 1.165) is 56.8 Å². The summed E-state index contributed by atoms with van der Waals surface area (Å²) in [6, 6.07) is 17.7. The maximum absolute atomic E-state index is 10.9. The van der Waals surface area contributed by atoms with Gasteiger partial charge in [0.2, 0.25) is 0 Å². The van der Waals surface area contributed by atoms with Gasteiger partial charge in [0.1, 0.15) is 6.29 Å². The van der Waals surface area contributed by atoms with Crippen LogP contribution in [0.4, 0.5) is 5.69 Å². The predicted molar refractivity (Wildman–Crippen MR) is 149 cm³/mol. The lowest BCUT2D eigenvalue weighted by atomic mass is 9.97. The van der Waals surface area contributed by atoms with Crippen molar-refractivity contribution in [1.29, 1.82) is 0 Å². The highest BCUT2D eigenvalue weighted by Gasteiger charge is 2.25. The first-order valence-electron chi connectivity index (χ1n) is 13.4. The molecule has 2 N–H and O–H groups in total. The fourth-order valence-electron chi connectivity index (χ4n) is 4.88. The van der Waals surface area contributed by atoms with Crippen molar-refractivity contribution in [1.82, 2.24) is 4.90 Å². The van der Waals surface area contributed by atoms with E-state index in [4.69, 9.17) is 17.3 Å². The van der Waals surface area contributed by atoms with Crippen molar-refractivity contribution in [3.8, 4) is 0 Å². The number of nitrogens with two attached hydrogens (primary N) is 1. The summed E-state index contributed by atoms with van der Waals surface area (Å²) in [6.45, 7) is 11.1. The van der Waals surface area contributed by atoms with Gasteiger partial charge >= 0.3 is 0 Å². The molecule has 192 valence electrons. The molecular formula is C30H44ClN3O. The predicted octanol–water partition coefficient (Wildman–Crippen LogP) is 5.99. The van der Waals surface area contributed by atoms with Gasteiger partial charge in [-0.1, -0.05) is 56.6 Å². The van der Waals surface area contributed by atoms with Crippen molar-refractivity contribution >= 4 is 23.6 Å². The molecule has 35 heavy (non-hydrogen) atoms. The number of likely N-dealkylation sites (tertiary alicyclic amines) is 1. The Bertz CT molecular complexity index is 875. The zero-order valence-electron chi connectivity index (χ0n) is 21.8. The van der Waals surface area contributed by atoms with Crippen LogP contribution in [0.2, 0.25) is 5.02 Å². The van der Waals surface area contributed by atoms with Crippen molar-refractivity contribution in [2.45, 2.75) is 71.4 Å². The molecule has 1 saturated heterocycles. The van der Waals surface area contributed by atoms with Crippen LogP contribution in [-0.2, 0) is 17.6 Å². The van der Waals surface area contributed by atoms with Gasteiger partial charge < -0.3 is 20.3 Å². The molecule has 1 fully saturated rings.